The minimum atomic E-state index is 0.0112. The average Bonchev–Trinajstić information content (AvgIpc) is 2.57. The normalized spacial score (nSPS) is 10.7. The second-order valence-electron chi connectivity index (χ2n) is 5.41. The van der Waals surface area contributed by atoms with Crippen molar-refractivity contribution in [2.75, 3.05) is 5.32 Å². The first-order chi connectivity index (χ1) is 11.2. The molecule has 0 aliphatic heterocycles. The molecule has 0 unspecified atom stereocenters. The Morgan fingerprint density at radius 2 is 1.83 bits per heavy atom. The topological polar surface area (TPSA) is 42.0 Å². The molecule has 0 saturated carbocycles. The summed E-state index contributed by atoms with van der Waals surface area (Å²) in [6, 6.07) is 17.4. The van der Waals surface area contributed by atoms with E-state index in [0.29, 0.717) is 6.42 Å². The van der Waals surface area contributed by atoms with Crippen LogP contribution in [-0.4, -0.2) is 10.9 Å². The van der Waals surface area contributed by atoms with Gasteiger partial charge in [-0.15, -0.1) is 0 Å². The van der Waals surface area contributed by atoms with Crippen LogP contribution in [0.2, 0.25) is 5.02 Å². The maximum atomic E-state index is 12.1. The second-order valence-corrected chi connectivity index (χ2v) is 5.85. The number of aryl methyl sites for hydroxylation is 1. The summed E-state index contributed by atoms with van der Waals surface area (Å²) in [7, 11) is 0. The lowest BCUT2D eigenvalue weighted by atomic mass is 10.1. The molecule has 116 valence electrons. The number of benzene rings is 2. The van der Waals surface area contributed by atoms with Crippen molar-refractivity contribution in [1.29, 1.82) is 0 Å². The Morgan fingerprint density at radius 1 is 1.04 bits per heavy atom. The molecule has 3 aromatic rings. The van der Waals surface area contributed by atoms with Crippen molar-refractivity contribution in [2.45, 2.75) is 19.3 Å². The van der Waals surface area contributed by atoms with Gasteiger partial charge in [-0.3, -0.25) is 9.78 Å². The minimum Gasteiger partial charge on any atom is -0.324 e. The Labute approximate surface area is 140 Å². The summed E-state index contributed by atoms with van der Waals surface area (Å²) in [4.78, 5) is 16.5. The molecule has 23 heavy (non-hydrogen) atoms. The van der Waals surface area contributed by atoms with E-state index in [4.69, 9.17) is 11.6 Å². The summed E-state index contributed by atoms with van der Waals surface area (Å²) in [5, 5.41) is 4.71. The van der Waals surface area contributed by atoms with Crippen LogP contribution in [0.4, 0.5) is 5.69 Å². The summed E-state index contributed by atoms with van der Waals surface area (Å²) in [6.45, 7) is 0. The molecule has 3 rings (SSSR count). The number of pyridine rings is 1. The summed E-state index contributed by atoms with van der Waals surface area (Å²) in [5.41, 5.74) is 2.77. The summed E-state index contributed by atoms with van der Waals surface area (Å²) >= 11 is 5.86. The van der Waals surface area contributed by atoms with Crippen molar-refractivity contribution < 1.29 is 4.79 Å². The number of fused-ring (bicyclic) bond motifs is 1. The zero-order chi connectivity index (χ0) is 16.1. The lowest BCUT2D eigenvalue weighted by molar-refractivity contribution is -0.116. The smallest absolute Gasteiger partial charge is 0.224 e. The van der Waals surface area contributed by atoms with E-state index >= 15 is 0 Å². The second kappa shape index (κ2) is 7.25. The molecule has 0 spiro atoms. The monoisotopic (exact) mass is 324 g/mol. The van der Waals surface area contributed by atoms with Gasteiger partial charge in [0.15, 0.2) is 0 Å². The molecule has 0 saturated heterocycles. The molecular formula is C19H17ClN2O. The third-order valence-corrected chi connectivity index (χ3v) is 3.94. The van der Waals surface area contributed by atoms with Crippen LogP contribution in [0.3, 0.4) is 0 Å². The first-order valence-electron chi connectivity index (χ1n) is 7.60. The predicted molar refractivity (Wildman–Crippen MR) is 94.8 cm³/mol. The lowest BCUT2D eigenvalue weighted by Gasteiger charge is -2.08. The fraction of sp³-hybridized carbons (Fsp3) is 0.158. The predicted octanol–water partition coefficient (Wildman–Crippen LogP) is 4.85. The molecule has 0 aliphatic carbocycles. The number of para-hydroxylation sites is 1. The van der Waals surface area contributed by atoms with Crippen molar-refractivity contribution in [2.24, 2.45) is 0 Å². The Balaban J connectivity index is 1.57. The number of amides is 1. The molecule has 0 radical (unpaired) electrons. The van der Waals surface area contributed by atoms with E-state index in [2.05, 4.69) is 10.3 Å². The van der Waals surface area contributed by atoms with E-state index in [1.165, 1.54) is 5.56 Å². The van der Waals surface area contributed by atoms with Crippen LogP contribution in [-0.2, 0) is 11.2 Å². The largest absolute Gasteiger partial charge is 0.324 e. The molecule has 0 atom stereocenters. The molecule has 1 aromatic heterocycles. The van der Waals surface area contributed by atoms with Gasteiger partial charge in [0, 0.05) is 23.0 Å². The number of nitrogens with one attached hydrogen (secondary N) is 1. The summed E-state index contributed by atoms with van der Waals surface area (Å²) < 4.78 is 0. The molecule has 2 aromatic carbocycles. The van der Waals surface area contributed by atoms with Gasteiger partial charge in [-0.1, -0.05) is 41.9 Å². The molecule has 1 heterocycles. The van der Waals surface area contributed by atoms with Crippen LogP contribution in [0.1, 0.15) is 18.4 Å². The maximum Gasteiger partial charge on any atom is 0.224 e. The number of carbonyl (C=O) groups is 1. The number of carbonyl (C=O) groups excluding carboxylic acids is 1. The van der Waals surface area contributed by atoms with Gasteiger partial charge in [0.1, 0.15) is 0 Å². The molecule has 1 amide bonds. The highest BCUT2D eigenvalue weighted by atomic mass is 35.5. The average molecular weight is 325 g/mol. The van der Waals surface area contributed by atoms with Crippen LogP contribution in [0, 0.1) is 0 Å². The van der Waals surface area contributed by atoms with Crippen LogP contribution in [0.25, 0.3) is 10.9 Å². The van der Waals surface area contributed by atoms with Crippen LogP contribution < -0.4 is 5.32 Å². The third-order valence-electron chi connectivity index (χ3n) is 3.69. The molecular weight excluding hydrogens is 308 g/mol. The Morgan fingerprint density at radius 3 is 2.65 bits per heavy atom. The number of hydrogen-bond acceptors (Lipinski definition) is 2. The van der Waals surface area contributed by atoms with E-state index in [0.717, 1.165) is 34.5 Å². The van der Waals surface area contributed by atoms with E-state index in [-0.39, 0.29) is 5.91 Å². The molecule has 1 N–H and O–H groups in total. The number of hydrogen-bond donors (Lipinski definition) is 1. The quantitative estimate of drug-likeness (QED) is 0.729. The zero-order valence-corrected chi connectivity index (χ0v) is 13.4. The van der Waals surface area contributed by atoms with E-state index in [1.807, 2.05) is 54.6 Å². The van der Waals surface area contributed by atoms with Gasteiger partial charge in [0.2, 0.25) is 5.91 Å². The molecule has 0 bridgehead atoms. The standard InChI is InChI=1S/C19H17ClN2O/c20-16-11-9-14(10-12-16)4-1-8-18(23)22-17-7-2-5-15-6-3-13-21-19(15)17/h2-3,5-7,9-13H,1,4,8H2,(H,22,23). The fourth-order valence-electron chi connectivity index (χ4n) is 2.52. The number of rotatable bonds is 5. The van der Waals surface area contributed by atoms with Gasteiger partial charge in [0.05, 0.1) is 11.2 Å². The van der Waals surface area contributed by atoms with Crippen LogP contribution in [0.5, 0.6) is 0 Å². The van der Waals surface area contributed by atoms with Gasteiger partial charge in [0.25, 0.3) is 0 Å². The molecule has 3 nitrogen and oxygen atoms in total. The Kier molecular flexibility index (Phi) is 4.89. The zero-order valence-electron chi connectivity index (χ0n) is 12.6. The van der Waals surface area contributed by atoms with E-state index < -0.39 is 0 Å². The number of aromatic nitrogens is 1. The van der Waals surface area contributed by atoms with Gasteiger partial charge >= 0.3 is 0 Å². The van der Waals surface area contributed by atoms with Crippen LogP contribution >= 0.6 is 11.6 Å². The minimum absolute atomic E-state index is 0.0112. The summed E-state index contributed by atoms with van der Waals surface area (Å²) in [5.74, 6) is 0.0112. The van der Waals surface area contributed by atoms with Crippen LogP contribution in [0.15, 0.2) is 60.8 Å². The van der Waals surface area contributed by atoms with Crippen molar-refractivity contribution in [3.05, 3.63) is 71.4 Å². The molecule has 0 fully saturated rings. The van der Waals surface area contributed by atoms with Gasteiger partial charge in [-0.2, -0.15) is 0 Å². The highest BCUT2D eigenvalue weighted by molar-refractivity contribution is 6.30. The molecule has 0 aliphatic rings. The Bertz CT molecular complexity index is 810. The van der Waals surface area contributed by atoms with Gasteiger partial charge in [-0.25, -0.2) is 0 Å². The Hall–Kier alpha value is -2.39. The number of anilines is 1. The molecule has 4 heteroatoms. The number of nitrogens with zero attached hydrogens (tertiary/aromatic N) is 1. The van der Waals surface area contributed by atoms with E-state index in [9.17, 15) is 4.79 Å². The number of halogens is 1. The highest BCUT2D eigenvalue weighted by Crippen LogP contribution is 2.21. The summed E-state index contributed by atoms with van der Waals surface area (Å²) in [6.07, 6.45) is 3.87. The third kappa shape index (κ3) is 4.08. The maximum absolute atomic E-state index is 12.1. The highest BCUT2D eigenvalue weighted by Gasteiger charge is 2.06. The van der Waals surface area contributed by atoms with Gasteiger partial charge in [-0.05, 0) is 42.7 Å². The fourth-order valence-corrected chi connectivity index (χ4v) is 2.65. The van der Waals surface area contributed by atoms with Crippen molar-refractivity contribution in [1.82, 2.24) is 4.98 Å². The van der Waals surface area contributed by atoms with Crippen molar-refractivity contribution in [3.8, 4) is 0 Å². The van der Waals surface area contributed by atoms with Gasteiger partial charge < -0.3 is 5.32 Å². The van der Waals surface area contributed by atoms with Crippen molar-refractivity contribution >= 4 is 34.1 Å². The first kappa shape index (κ1) is 15.5. The SMILES string of the molecule is O=C(CCCc1ccc(Cl)cc1)Nc1cccc2cccnc12. The van der Waals surface area contributed by atoms with E-state index in [1.54, 1.807) is 6.20 Å². The first-order valence-corrected chi connectivity index (χ1v) is 7.98. The van der Waals surface area contributed by atoms with Crippen molar-refractivity contribution in [3.63, 3.8) is 0 Å². The lowest BCUT2D eigenvalue weighted by Crippen LogP contribution is -2.12.